The maximum Gasteiger partial charge on any atom is 0.332 e. The van der Waals surface area contributed by atoms with E-state index in [2.05, 4.69) is 49.5 Å². The average Bonchev–Trinajstić information content (AvgIpc) is 2.44. The molecule has 0 amide bonds. The highest BCUT2D eigenvalue weighted by Crippen LogP contribution is 2.33. The van der Waals surface area contributed by atoms with Crippen molar-refractivity contribution in [3.63, 3.8) is 0 Å². The molecule has 0 aromatic rings. The van der Waals surface area contributed by atoms with Gasteiger partial charge in [-0.1, -0.05) is 12.9 Å². The monoisotopic (exact) mass is 226 g/mol. The van der Waals surface area contributed by atoms with Gasteiger partial charge in [0.2, 0.25) is 0 Å². The summed E-state index contributed by atoms with van der Waals surface area (Å²) < 4.78 is 0. The number of halogens is 1. The molecule has 0 aromatic carbocycles. The molecule has 1 rings (SSSR count). The summed E-state index contributed by atoms with van der Waals surface area (Å²) in [6.07, 6.45) is 4.49. The molecule has 1 unspecified atom stereocenters. The van der Waals surface area contributed by atoms with Crippen molar-refractivity contribution in [3.05, 3.63) is 12.3 Å². The van der Waals surface area contributed by atoms with Crippen LogP contribution in [0.1, 0.15) is 20.8 Å². The minimum absolute atomic E-state index is 0.0728. The van der Waals surface area contributed by atoms with Crippen LogP contribution in [-0.2, 0) is 0 Å². The van der Waals surface area contributed by atoms with Gasteiger partial charge in [-0.05, 0) is 46.8 Å². The number of nitrogens with zero attached hydrogens (tertiary/aromatic N) is 2. The van der Waals surface area contributed by atoms with Gasteiger partial charge >= 0.3 is 6.26 Å². The summed E-state index contributed by atoms with van der Waals surface area (Å²) in [6, 6.07) is 0. The van der Waals surface area contributed by atoms with Gasteiger partial charge in [0.1, 0.15) is 0 Å². The molecule has 0 radical (unpaired) electrons. The van der Waals surface area contributed by atoms with E-state index in [0.29, 0.717) is 12.6 Å². The van der Waals surface area contributed by atoms with Gasteiger partial charge in [-0.2, -0.15) is 11.5 Å². The van der Waals surface area contributed by atoms with Crippen LogP contribution in [0.25, 0.3) is 0 Å². The van der Waals surface area contributed by atoms with Crippen molar-refractivity contribution < 1.29 is 0 Å². The average molecular weight is 226 g/mol. The Morgan fingerprint density at radius 3 is 2.27 bits per heavy atom. The van der Waals surface area contributed by atoms with Crippen molar-refractivity contribution in [1.82, 2.24) is 9.62 Å². The summed E-state index contributed by atoms with van der Waals surface area (Å²) in [4.78, 5) is 4.45. The Balaban J connectivity index is 2.73. The van der Waals surface area contributed by atoms with Crippen LogP contribution < -0.4 is 0 Å². The third-order valence-electron chi connectivity index (χ3n) is 3.05. The highest BCUT2D eigenvalue weighted by molar-refractivity contribution is 7.10. The molecule has 0 saturated heterocycles. The number of allylic oxidation sites excluding steroid dienone is 1. The topological polar surface area (TPSA) is 6.48 Å². The Labute approximate surface area is 99.8 Å². The maximum absolute atomic E-state index is 6.38. The van der Waals surface area contributed by atoms with Crippen LogP contribution in [0.3, 0.4) is 0 Å². The summed E-state index contributed by atoms with van der Waals surface area (Å²) >= 11 is 6.38. The van der Waals surface area contributed by atoms with Crippen LogP contribution in [0, 0.1) is 0 Å². The molecule has 0 fully saturated rings. The fourth-order valence-corrected chi connectivity index (χ4v) is 2.47. The van der Waals surface area contributed by atoms with Gasteiger partial charge in [0, 0.05) is 5.54 Å². The minimum atomic E-state index is 0.0728. The second kappa shape index (κ2) is 4.42. The summed E-state index contributed by atoms with van der Waals surface area (Å²) in [7, 11) is 4.05. The molecule has 5 heteroatoms. The lowest BCUT2D eigenvalue weighted by atomic mass is 9.41. The second-order valence-electron chi connectivity index (χ2n) is 5.57. The third kappa shape index (κ3) is 2.73. The predicted octanol–water partition coefficient (Wildman–Crippen LogP) is 2.43. The van der Waals surface area contributed by atoms with Crippen LogP contribution in [0.5, 0.6) is 0 Å². The molecule has 0 bridgehead atoms. The first-order chi connectivity index (χ1) is 6.75. The van der Waals surface area contributed by atoms with E-state index >= 15 is 0 Å². The Morgan fingerprint density at radius 1 is 1.40 bits per heavy atom. The summed E-state index contributed by atoms with van der Waals surface area (Å²) in [5.41, 5.74) is 0.578. The number of hydrogen-bond acceptors (Lipinski definition) is 2. The Hall–Kier alpha value is -0.0801. The molecule has 2 nitrogen and oxygen atoms in total. The molecule has 15 heavy (non-hydrogen) atoms. The molecule has 1 aliphatic rings. The lowest BCUT2D eigenvalue weighted by molar-refractivity contribution is 0.327. The zero-order valence-electron chi connectivity index (χ0n) is 10.7. The smallest absolute Gasteiger partial charge is 0.332 e. The highest BCUT2D eigenvalue weighted by atomic mass is 35.5. The molecule has 1 heterocycles. The minimum Gasteiger partial charge on any atom is -0.417 e. The predicted molar refractivity (Wildman–Crippen MR) is 71.4 cm³/mol. The van der Waals surface area contributed by atoms with E-state index in [1.54, 1.807) is 0 Å². The quantitative estimate of drug-likeness (QED) is 0.667. The van der Waals surface area contributed by atoms with Gasteiger partial charge < -0.3 is 9.62 Å². The second-order valence-corrected chi connectivity index (χ2v) is 6.02. The summed E-state index contributed by atoms with van der Waals surface area (Å²) in [6.45, 7) is 9.41. The van der Waals surface area contributed by atoms with Crippen LogP contribution in [-0.4, -0.2) is 42.4 Å². The van der Waals surface area contributed by atoms with Crippen LogP contribution in [0.15, 0.2) is 12.3 Å². The van der Waals surface area contributed by atoms with Crippen molar-refractivity contribution in [2.24, 2.45) is 0 Å². The zero-order chi connectivity index (χ0) is 11.8. The molecule has 0 aromatic heterocycles. The molecule has 0 spiro atoms. The van der Waals surface area contributed by atoms with Gasteiger partial charge in [-0.3, -0.25) is 0 Å². The SMILES string of the molecule is CB1C(B(Cl)N(C)C)C=CN1C(C)(C)C. The van der Waals surface area contributed by atoms with Gasteiger partial charge in [-0.15, -0.1) is 0 Å². The first-order valence-electron chi connectivity index (χ1n) is 5.52. The Bertz CT molecular complexity index is 250. The zero-order valence-corrected chi connectivity index (χ0v) is 11.4. The molecular formula is C10H21B2ClN2. The van der Waals surface area contributed by atoms with Gasteiger partial charge in [0.05, 0.1) is 0 Å². The van der Waals surface area contributed by atoms with Gasteiger partial charge in [0.25, 0.3) is 6.85 Å². The van der Waals surface area contributed by atoms with Crippen molar-refractivity contribution in [2.75, 3.05) is 14.1 Å². The van der Waals surface area contributed by atoms with Gasteiger partial charge in [-0.25, -0.2) is 0 Å². The molecule has 1 aliphatic heterocycles. The number of hydrogen-bond donors (Lipinski definition) is 0. The van der Waals surface area contributed by atoms with Crippen molar-refractivity contribution in [3.8, 4) is 0 Å². The standard InChI is InChI=1S/C10H21B2ClN2/c1-10(2,3)15-8-7-9(11(15)4)12(13)14(5)6/h7-9H,1-6H3. The van der Waals surface area contributed by atoms with E-state index in [4.69, 9.17) is 11.5 Å². The molecule has 0 aliphatic carbocycles. The fourth-order valence-electron chi connectivity index (χ4n) is 2.17. The molecule has 0 N–H and O–H groups in total. The van der Waals surface area contributed by atoms with E-state index in [1.165, 1.54) is 0 Å². The molecule has 1 atom stereocenters. The van der Waals surface area contributed by atoms with Crippen molar-refractivity contribution >= 4 is 24.6 Å². The summed E-state index contributed by atoms with van der Waals surface area (Å²) in [5.74, 6) is 0. The van der Waals surface area contributed by atoms with Crippen LogP contribution in [0.4, 0.5) is 0 Å². The first kappa shape index (κ1) is 13.0. The third-order valence-corrected chi connectivity index (χ3v) is 3.73. The summed E-state index contributed by atoms with van der Waals surface area (Å²) in [5, 5.41) is 0. The van der Waals surface area contributed by atoms with Gasteiger partial charge in [0.15, 0.2) is 0 Å². The maximum atomic E-state index is 6.38. The first-order valence-corrected chi connectivity index (χ1v) is 5.96. The van der Waals surface area contributed by atoms with E-state index < -0.39 is 0 Å². The van der Waals surface area contributed by atoms with E-state index in [9.17, 15) is 0 Å². The van der Waals surface area contributed by atoms with Crippen LogP contribution in [0.2, 0.25) is 12.5 Å². The van der Waals surface area contributed by atoms with Crippen LogP contribution >= 0.6 is 11.5 Å². The highest BCUT2D eigenvalue weighted by Gasteiger charge is 2.41. The lowest BCUT2D eigenvalue weighted by Crippen LogP contribution is -2.48. The largest absolute Gasteiger partial charge is 0.417 e. The van der Waals surface area contributed by atoms with Crippen molar-refractivity contribution in [2.45, 2.75) is 38.8 Å². The molecule has 0 saturated carbocycles. The number of rotatable bonds is 2. The van der Waals surface area contributed by atoms with E-state index in [-0.39, 0.29) is 11.8 Å². The lowest BCUT2D eigenvalue weighted by Gasteiger charge is -2.37. The van der Waals surface area contributed by atoms with E-state index in [1.807, 2.05) is 14.1 Å². The molecular weight excluding hydrogens is 205 g/mol. The fraction of sp³-hybridized carbons (Fsp3) is 0.800. The molecule has 84 valence electrons. The Kier molecular flexibility index (Phi) is 3.83. The normalized spacial score (nSPS) is 21.7. The van der Waals surface area contributed by atoms with E-state index in [0.717, 1.165) is 0 Å². The Morgan fingerprint density at radius 2 is 1.93 bits per heavy atom. The van der Waals surface area contributed by atoms with Crippen molar-refractivity contribution in [1.29, 1.82) is 0 Å².